The summed E-state index contributed by atoms with van der Waals surface area (Å²) in [5, 5.41) is 7.07. The van der Waals surface area contributed by atoms with Gasteiger partial charge >= 0.3 is 6.18 Å². The third kappa shape index (κ3) is 2.25. The molecule has 0 aromatic heterocycles. The average Bonchev–Trinajstić information content (AvgIpc) is 2.01. The van der Waals surface area contributed by atoms with Crippen LogP contribution in [0.2, 0.25) is 0 Å². The second-order valence-corrected chi connectivity index (χ2v) is 3.46. The van der Waals surface area contributed by atoms with Gasteiger partial charge < -0.3 is 5.73 Å². The Balaban J connectivity index is 3.20. The summed E-state index contributed by atoms with van der Waals surface area (Å²) in [6, 6.07) is 2.95. The van der Waals surface area contributed by atoms with E-state index < -0.39 is 11.7 Å². The zero-order valence-corrected chi connectivity index (χ0v) is 8.41. The van der Waals surface area contributed by atoms with Crippen LogP contribution in [0.15, 0.2) is 22.7 Å². The summed E-state index contributed by atoms with van der Waals surface area (Å²) in [7, 11) is 0. The third-order valence-electron chi connectivity index (χ3n) is 1.59. The Labute approximate surface area is 86.6 Å². The lowest BCUT2D eigenvalue weighted by Crippen LogP contribution is -2.13. The monoisotopic (exact) mass is 266 g/mol. The molecule has 0 amide bonds. The topological polar surface area (TPSA) is 49.9 Å². The summed E-state index contributed by atoms with van der Waals surface area (Å²) >= 11 is 2.92. The van der Waals surface area contributed by atoms with Crippen molar-refractivity contribution in [2.75, 3.05) is 0 Å². The Kier molecular flexibility index (Phi) is 2.84. The van der Waals surface area contributed by atoms with Crippen molar-refractivity contribution in [3.8, 4) is 0 Å². The van der Waals surface area contributed by atoms with Crippen molar-refractivity contribution >= 4 is 21.8 Å². The van der Waals surface area contributed by atoms with Gasteiger partial charge in [0, 0.05) is 10.0 Å². The van der Waals surface area contributed by atoms with E-state index in [0.29, 0.717) is 0 Å². The SMILES string of the molecule is N=C(N)c1ccc(C(F)(F)F)cc1Br. The second kappa shape index (κ2) is 3.61. The molecule has 0 aliphatic carbocycles. The largest absolute Gasteiger partial charge is 0.416 e. The summed E-state index contributed by atoms with van der Waals surface area (Å²) in [4.78, 5) is 0. The molecule has 0 atom stereocenters. The second-order valence-electron chi connectivity index (χ2n) is 2.61. The van der Waals surface area contributed by atoms with Crippen LogP contribution in [0.1, 0.15) is 11.1 Å². The van der Waals surface area contributed by atoms with Gasteiger partial charge in [-0.2, -0.15) is 13.2 Å². The maximum atomic E-state index is 12.2. The van der Waals surface area contributed by atoms with E-state index in [1.807, 2.05) is 0 Å². The molecule has 3 N–H and O–H groups in total. The molecule has 0 bridgehead atoms. The molecule has 14 heavy (non-hydrogen) atoms. The average molecular weight is 267 g/mol. The van der Waals surface area contributed by atoms with Gasteiger partial charge in [-0.1, -0.05) is 15.9 Å². The molecule has 0 radical (unpaired) electrons. The normalized spacial score (nSPS) is 11.4. The predicted octanol–water partition coefficient (Wildman–Crippen LogP) is 2.75. The van der Waals surface area contributed by atoms with Crippen LogP contribution in [0.5, 0.6) is 0 Å². The first-order chi connectivity index (χ1) is 6.32. The van der Waals surface area contributed by atoms with E-state index in [0.717, 1.165) is 18.2 Å². The van der Waals surface area contributed by atoms with Gasteiger partial charge in [-0.15, -0.1) is 0 Å². The first-order valence-electron chi connectivity index (χ1n) is 3.53. The van der Waals surface area contributed by atoms with Gasteiger partial charge in [0.15, 0.2) is 0 Å². The number of rotatable bonds is 1. The standard InChI is InChI=1S/C8H6BrF3N2/c9-6-3-4(8(10,11)12)1-2-5(6)7(13)14/h1-3H,(H3,13,14). The summed E-state index contributed by atoms with van der Waals surface area (Å²) in [6.07, 6.45) is -4.38. The number of nitrogen functional groups attached to an aromatic ring is 1. The van der Waals surface area contributed by atoms with Gasteiger partial charge in [0.1, 0.15) is 5.84 Å². The highest BCUT2D eigenvalue weighted by Crippen LogP contribution is 2.31. The Morgan fingerprint density at radius 1 is 1.36 bits per heavy atom. The van der Waals surface area contributed by atoms with Crippen molar-refractivity contribution < 1.29 is 13.2 Å². The highest BCUT2D eigenvalue weighted by Gasteiger charge is 2.30. The van der Waals surface area contributed by atoms with E-state index in [1.54, 1.807) is 0 Å². The van der Waals surface area contributed by atoms with Crippen LogP contribution >= 0.6 is 15.9 Å². The molecule has 0 unspecified atom stereocenters. The molecule has 1 aromatic carbocycles. The van der Waals surface area contributed by atoms with Crippen LogP contribution in [0.25, 0.3) is 0 Å². The van der Waals surface area contributed by atoms with Gasteiger partial charge in [-0.05, 0) is 18.2 Å². The number of nitrogens with one attached hydrogen (secondary N) is 1. The molecule has 0 aliphatic heterocycles. The minimum atomic E-state index is -4.38. The lowest BCUT2D eigenvalue weighted by atomic mass is 10.1. The minimum absolute atomic E-state index is 0.167. The lowest BCUT2D eigenvalue weighted by molar-refractivity contribution is -0.137. The van der Waals surface area contributed by atoms with Crippen molar-refractivity contribution in [3.05, 3.63) is 33.8 Å². The zero-order chi connectivity index (χ0) is 10.9. The Morgan fingerprint density at radius 3 is 2.29 bits per heavy atom. The maximum absolute atomic E-state index is 12.2. The molecular weight excluding hydrogens is 261 g/mol. The third-order valence-corrected chi connectivity index (χ3v) is 2.24. The number of benzene rings is 1. The van der Waals surface area contributed by atoms with Crippen molar-refractivity contribution in [2.24, 2.45) is 5.73 Å². The van der Waals surface area contributed by atoms with Crippen LogP contribution in [0.3, 0.4) is 0 Å². The summed E-state index contributed by atoms with van der Waals surface area (Å²) < 4.78 is 36.8. The fraction of sp³-hybridized carbons (Fsp3) is 0.125. The molecule has 1 rings (SSSR count). The van der Waals surface area contributed by atoms with Gasteiger partial charge in [-0.25, -0.2) is 0 Å². The highest BCUT2D eigenvalue weighted by atomic mass is 79.9. The van der Waals surface area contributed by atoms with Crippen LogP contribution in [0, 0.1) is 5.41 Å². The van der Waals surface area contributed by atoms with Crippen LogP contribution in [-0.2, 0) is 6.18 Å². The summed E-state index contributed by atoms with van der Waals surface area (Å²) in [6.45, 7) is 0. The quantitative estimate of drug-likeness (QED) is 0.596. The molecule has 0 saturated carbocycles. The minimum Gasteiger partial charge on any atom is -0.384 e. The van der Waals surface area contributed by atoms with Crippen molar-refractivity contribution in [1.82, 2.24) is 0 Å². The molecule has 0 saturated heterocycles. The van der Waals surface area contributed by atoms with Gasteiger partial charge in [-0.3, -0.25) is 5.41 Å². The van der Waals surface area contributed by atoms with Gasteiger partial charge in [0.2, 0.25) is 0 Å². The molecule has 1 aromatic rings. The first-order valence-corrected chi connectivity index (χ1v) is 4.33. The predicted molar refractivity (Wildman–Crippen MR) is 50.2 cm³/mol. The number of alkyl halides is 3. The van der Waals surface area contributed by atoms with Crippen LogP contribution in [0.4, 0.5) is 13.2 Å². The maximum Gasteiger partial charge on any atom is 0.416 e. The van der Waals surface area contributed by atoms with E-state index in [4.69, 9.17) is 11.1 Å². The lowest BCUT2D eigenvalue weighted by Gasteiger charge is -2.08. The highest BCUT2D eigenvalue weighted by molar-refractivity contribution is 9.10. The molecule has 0 heterocycles. The summed E-state index contributed by atoms with van der Waals surface area (Å²) in [5.74, 6) is -0.273. The molecule has 2 nitrogen and oxygen atoms in total. The van der Waals surface area contributed by atoms with Gasteiger partial charge in [0.25, 0.3) is 0 Å². The van der Waals surface area contributed by atoms with E-state index in [9.17, 15) is 13.2 Å². The van der Waals surface area contributed by atoms with Crippen LogP contribution < -0.4 is 5.73 Å². The Morgan fingerprint density at radius 2 is 1.93 bits per heavy atom. The van der Waals surface area contributed by atoms with Crippen molar-refractivity contribution in [3.63, 3.8) is 0 Å². The molecule has 0 spiro atoms. The smallest absolute Gasteiger partial charge is 0.384 e. The molecule has 0 aliphatic rings. The van der Waals surface area contributed by atoms with Gasteiger partial charge in [0.05, 0.1) is 5.56 Å². The van der Waals surface area contributed by atoms with E-state index in [2.05, 4.69) is 15.9 Å². The van der Waals surface area contributed by atoms with Crippen molar-refractivity contribution in [2.45, 2.75) is 6.18 Å². The zero-order valence-electron chi connectivity index (χ0n) is 6.82. The Hall–Kier alpha value is -1.04. The fourth-order valence-corrected chi connectivity index (χ4v) is 1.50. The molecule has 76 valence electrons. The number of hydrogen-bond donors (Lipinski definition) is 2. The summed E-state index contributed by atoms with van der Waals surface area (Å²) in [5.41, 5.74) is 4.62. The number of amidine groups is 1. The molecule has 0 fully saturated rings. The van der Waals surface area contributed by atoms with E-state index in [-0.39, 0.29) is 15.9 Å². The fourth-order valence-electron chi connectivity index (χ4n) is 0.910. The molecular formula is C8H6BrF3N2. The number of halogens is 4. The Bertz CT molecular complexity index is 373. The van der Waals surface area contributed by atoms with E-state index in [1.165, 1.54) is 0 Å². The van der Waals surface area contributed by atoms with Crippen molar-refractivity contribution in [1.29, 1.82) is 5.41 Å². The molecule has 6 heteroatoms. The number of nitrogens with two attached hydrogens (primary N) is 1. The van der Waals surface area contributed by atoms with E-state index >= 15 is 0 Å². The van der Waals surface area contributed by atoms with Crippen LogP contribution in [-0.4, -0.2) is 5.84 Å². The first kappa shape index (κ1) is 11.0. The number of hydrogen-bond acceptors (Lipinski definition) is 1.